The van der Waals surface area contributed by atoms with Crippen molar-refractivity contribution in [3.8, 4) is 17.2 Å². The summed E-state index contributed by atoms with van der Waals surface area (Å²) in [7, 11) is 1.91. The molecule has 0 aliphatic carbocycles. The van der Waals surface area contributed by atoms with Crippen LogP contribution in [0.25, 0.3) is 23.3 Å². The number of imidazole rings is 1. The standard InChI is InChI=1S/C42H46ClN7O4/c1-26-21-28(34(43)22-29(26)24-50-17-5-4-9-39(50)42(52)53)10-11-36-33(23-44)32(12-16-45-36)31-7-6-8-35(27(31)2)47-41(51)40-46-37-25-49(18-13-38(37)48(40)3)30-14-19-54-20-15-30/h6-8,10-12,16,21-22,30,39H,4-5,9,13-15,17-20,24-25H2,1-3H3,(H,47,51)(H,52,53)/b11-10+/t39-/m0/s1. The van der Waals surface area contributed by atoms with Crippen molar-refractivity contribution in [3.63, 3.8) is 0 Å². The molecule has 2 N–H and O–H groups in total. The SMILES string of the molecule is Cc1cc(/C=C/c2nccc(-c3cccc(NC(=O)c4nc5c(n4C)CCN(C4CCOCC4)C5)c3C)c2C#N)c(Cl)cc1CN1CCCC[C@H]1C(=O)O. The lowest BCUT2D eigenvalue weighted by atomic mass is 9.94. The molecule has 0 unspecified atom stereocenters. The molecule has 1 atom stereocenters. The van der Waals surface area contributed by atoms with Crippen molar-refractivity contribution in [2.24, 2.45) is 7.05 Å². The summed E-state index contributed by atoms with van der Waals surface area (Å²) < 4.78 is 7.48. The Balaban J connectivity index is 1.09. The van der Waals surface area contributed by atoms with Crippen LogP contribution in [-0.2, 0) is 36.1 Å². The molecule has 2 aromatic carbocycles. The number of fused-ring (bicyclic) bond motifs is 1. The van der Waals surface area contributed by atoms with Gasteiger partial charge in [0.2, 0.25) is 0 Å². The minimum absolute atomic E-state index is 0.278. The number of carboxylic acid groups (broad SMARTS) is 1. The number of carboxylic acids is 1. The Morgan fingerprint density at radius 1 is 1.09 bits per heavy atom. The van der Waals surface area contributed by atoms with E-state index in [0.717, 1.165) is 104 Å². The minimum Gasteiger partial charge on any atom is -0.480 e. The average molecular weight is 748 g/mol. The third-order valence-corrected chi connectivity index (χ3v) is 11.6. The lowest BCUT2D eigenvalue weighted by Crippen LogP contribution is -2.44. The molecule has 280 valence electrons. The number of anilines is 1. The number of nitriles is 1. The quantitative estimate of drug-likeness (QED) is 0.185. The molecule has 12 heteroatoms. The molecule has 1 amide bonds. The molecule has 0 saturated carbocycles. The molecule has 2 saturated heterocycles. The number of pyridine rings is 1. The highest BCUT2D eigenvalue weighted by atomic mass is 35.5. The summed E-state index contributed by atoms with van der Waals surface area (Å²) in [6.45, 7) is 8.45. The third kappa shape index (κ3) is 7.70. The Morgan fingerprint density at radius 2 is 1.91 bits per heavy atom. The molecular weight excluding hydrogens is 702 g/mol. The van der Waals surface area contributed by atoms with E-state index in [4.69, 9.17) is 21.3 Å². The van der Waals surface area contributed by atoms with Crippen LogP contribution in [0.2, 0.25) is 5.02 Å². The topological polar surface area (TPSA) is 137 Å². The van der Waals surface area contributed by atoms with Crippen LogP contribution >= 0.6 is 11.6 Å². The summed E-state index contributed by atoms with van der Waals surface area (Å²) in [5, 5.41) is 23.7. The summed E-state index contributed by atoms with van der Waals surface area (Å²) in [6, 6.07) is 13.7. The zero-order valence-corrected chi connectivity index (χ0v) is 31.8. The predicted molar refractivity (Wildman–Crippen MR) is 209 cm³/mol. The number of likely N-dealkylation sites (tertiary alicyclic amines) is 1. The zero-order chi connectivity index (χ0) is 37.9. The first-order chi connectivity index (χ1) is 26.1. The summed E-state index contributed by atoms with van der Waals surface area (Å²) >= 11 is 6.77. The number of rotatable bonds is 9. The fourth-order valence-corrected chi connectivity index (χ4v) is 8.44. The van der Waals surface area contributed by atoms with E-state index in [9.17, 15) is 20.0 Å². The second-order valence-electron chi connectivity index (χ2n) is 14.6. The van der Waals surface area contributed by atoms with Crippen molar-refractivity contribution in [2.75, 3.05) is 31.6 Å². The second kappa shape index (κ2) is 16.2. The van der Waals surface area contributed by atoms with Crippen LogP contribution in [-0.4, -0.2) is 79.7 Å². The number of aromatic nitrogens is 3. The molecule has 54 heavy (non-hydrogen) atoms. The van der Waals surface area contributed by atoms with Crippen molar-refractivity contribution >= 4 is 41.3 Å². The van der Waals surface area contributed by atoms with Crippen molar-refractivity contribution in [2.45, 2.75) is 77.5 Å². The number of carbonyl (C=O) groups excluding carboxylic acids is 1. The predicted octanol–water partition coefficient (Wildman–Crippen LogP) is 7.02. The number of hydrogen-bond donors (Lipinski definition) is 2. The first kappa shape index (κ1) is 37.5. The van der Waals surface area contributed by atoms with Gasteiger partial charge in [0, 0.05) is 80.5 Å². The van der Waals surface area contributed by atoms with Crippen molar-refractivity contribution < 1.29 is 19.4 Å². The van der Waals surface area contributed by atoms with Gasteiger partial charge in [0.05, 0.1) is 17.0 Å². The maximum Gasteiger partial charge on any atom is 0.320 e. The highest BCUT2D eigenvalue weighted by Crippen LogP contribution is 2.34. The van der Waals surface area contributed by atoms with Crippen LogP contribution in [0.3, 0.4) is 0 Å². The van der Waals surface area contributed by atoms with Gasteiger partial charge in [-0.3, -0.25) is 24.4 Å². The van der Waals surface area contributed by atoms with Crippen molar-refractivity contribution in [1.82, 2.24) is 24.3 Å². The smallest absolute Gasteiger partial charge is 0.320 e. The van der Waals surface area contributed by atoms with Gasteiger partial charge in [-0.05, 0) is 98.2 Å². The van der Waals surface area contributed by atoms with Crippen LogP contribution in [0.5, 0.6) is 0 Å². The Morgan fingerprint density at radius 3 is 2.69 bits per heavy atom. The number of halogens is 1. The largest absolute Gasteiger partial charge is 0.480 e. The average Bonchev–Trinajstić information content (AvgIpc) is 3.52. The fourth-order valence-electron chi connectivity index (χ4n) is 8.19. The molecule has 0 radical (unpaired) electrons. The number of piperidine rings is 1. The lowest BCUT2D eigenvalue weighted by molar-refractivity contribution is -0.144. The fraction of sp³-hybridized carbons (Fsp3) is 0.405. The van der Waals surface area contributed by atoms with Crippen LogP contribution in [0, 0.1) is 25.2 Å². The van der Waals surface area contributed by atoms with Gasteiger partial charge in [-0.1, -0.05) is 42.3 Å². The second-order valence-corrected chi connectivity index (χ2v) is 15.0. The molecule has 2 aromatic heterocycles. The van der Waals surface area contributed by atoms with E-state index in [1.54, 1.807) is 12.3 Å². The number of ether oxygens (including phenoxy) is 1. The summed E-state index contributed by atoms with van der Waals surface area (Å²) in [5.74, 6) is -0.682. The van der Waals surface area contributed by atoms with E-state index in [1.165, 1.54) is 0 Å². The van der Waals surface area contributed by atoms with Crippen LogP contribution in [0.15, 0.2) is 42.6 Å². The van der Waals surface area contributed by atoms with Gasteiger partial charge in [-0.15, -0.1) is 0 Å². The van der Waals surface area contributed by atoms with E-state index in [2.05, 4.69) is 21.3 Å². The Kier molecular flexibility index (Phi) is 11.3. The van der Waals surface area contributed by atoms with Crippen LogP contribution < -0.4 is 5.32 Å². The number of aliphatic carboxylic acids is 1. The molecule has 7 rings (SSSR count). The van der Waals surface area contributed by atoms with E-state index in [-0.39, 0.29) is 5.91 Å². The summed E-state index contributed by atoms with van der Waals surface area (Å²) in [6.07, 6.45) is 10.8. The van der Waals surface area contributed by atoms with Gasteiger partial charge >= 0.3 is 5.97 Å². The van der Waals surface area contributed by atoms with Gasteiger partial charge in [-0.25, -0.2) is 4.98 Å². The molecule has 3 aliphatic rings. The monoisotopic (exact) mass is 747 g/mol. The van der Waals surface area contributed by atoms with Crippen LogP contribution in [0.1, 0.15) is 87.6 Å². The number of hydrogen-bond acceptors (Lipinski definition) is 8. The number of nitrogens with one attached hydrogen (secondary N) is 1. The van der Waals surface area contributed by atoms with Gasteiger partial charge < -0.3 is 19.7 Å². The van der Waals surface area contributed by atoms with Gasteiger partial charge in [-0.2, -0.15) is 5.26 Å². The van der Waals surface area contributed by atoms with Crippen molar-refractivity contribution in [1.29, 1.82) is 5.26 Å². The van der Waals surface area contributed by atoms with Gasteiger partial charge in [0.25, 0.3) is 5.91 Å². The van der Waals surface area contributed by atoms with E-state index in [1.807, 2.05) is 72.8 Å². The summed E-state index contributed by atoms with van der Waals surface area (Å²) in [4.78, 5) is 39.4. The number of nitrogens with zero attached hydrogens (tertiary/aromatic N) is 6. The Labute approximate surface area is 321 Å². The number of amides is 1. The van der Waals surface area contributed by atoms with Crippen molar-refractivity contribution in [3.05, 3.63) is 98.3 Å². The lowest BCUT2D eigenvalue weighted by Gasteiger charge is -2.36. The van der Waals surface area contributed by atoms with E-state index < -0.39 is 12.0 Å². The third-order valence-electron chi connectivity index (χ3n) is 11.3. The molecule has 3 aliphatic heterocycles. The number of carbonyl (C=O) groups is 2. The molecule has 4 aromatic rings. The van der Waals surface area contributed by atoms with Crippen LogP contribution in [0.4, 0.5) is 5.69 Å². The molecule has 5 heterocycles. The van der Waals surface area contributed by atoms with E-state index in [0.29, 0.717) is 52.4 Å². The first-order valence-electron chi connectivity index (χ1n) is 18.7. The van der Waals surface area contributed by atoms with Gasteiger partial charge in [0.15, 0.2) is 5.82 Å². The first-order valence-corrected chi connectivity index (χ1v) is 19.1. The molecule has 11 nitrogen and oxygen atoms in total. The minimum atomic E-state index is -0.784. The maximum absolute atomic E-state index is 13.7. The highest BCUT2D eigenvalue weighted by molar-refractivity contribution is 6.32. The normalized spacial score (nSPS) is 18.4. The number of benzene rings is 2. The van der Waals surface area contributed by atoms with E-state index >= 15 is 0 Å². The molecule has 2 fully saturated rings. The molecule has 0 spiro atoms. The highest BCUT2D eigenvalue weighted by Gasteiger charge is 2.31. The number of aryl methyl sites for hydroxylation is 1. The summed E-state index contributed by atoms with van der Waals surface area (Å²) in [5.41, 5.74) is 8.70. The maximum atomic E-state index is 13.7. The Bertz CT molecular complexity index is 2150. The van der Waals surface area contributed by atoms with Gasteiger partial charge in [0.1, 0.15) is 12.1 Å². The molecule has 0 bridgehead atoms. The zero-order valence-electron chi connectivity index (χ0n) is 31.1. The molecular formula is C42H46ClN7O4. The Hall–Kier alpha value is -4.86.